The van der Waals surface area contributed by atoms with Crippen LogP contribution < -0.4 is 0 Å². The van der Waals surface area contributed by atoms with Crippen molar-refractivity contribution in [3.63, 3.8) is 0 Å². The first kappa shape index (κ1) is 15.4. The Bertz CT molecular complexity index is 827. The summed E-state index contributed by atoms with van der Waals surface area (Å²) in [4.78, 5) is 13.5. The van der Waals surface area contributed by atoms with E-state index in [0.717, 1.165) is 17.8 Å². The average molecular weight is 382 g/mol. The molecule has 0 bridgehead atoms. The zero-order valence-electron chi connectivity index (χ0n) is 10.6. The zero-order valence-corrected chi connectivity index (χ0v) is 14.5. The maximum atomic E-state index is 5.97. The highest BCUT2D eigenvalue weighted by atomic mass is 35.6. The third-order valence-corrected chi connectivity index (χ3v) is 4.39. The fraction of sp³-hybridized carbons (Fsp3) is 0.250. The van der Waals surface area contributed by atoms with Crippen LogP contribution in [-0.4, -0.2) is 22.0 Å². The number of nitrogens with zero attached hydrogens (tertiary/aromatic N) is 4. The minimum Gasteiger partial charge on any atom is -0.248 e. The van der Waals surface area contributed by atoms with Crippen molar-refractivity contribution in [2.45, 2.75) is 16.5 Å². The fourth-order valence-corrected chi connectivity index (χ4v) is 3.41. The molecule has 3 rings (SSSR count). The quantitative estimate of drug-likeness (QED) is 0.584. The van der Waals surface area contributed by atoms with Gasteiger partial charge in [0.2, 0.25) is 0 Å². The number of imidazole rings is 1. The third-order valence-electron chi connectivity index (χ3n) is 2.76. The Kier molecular flexibility index (Phi) is 4.14. The number of hydrogen-bond donors (Lipinski definition) is 0. The lowest BCUT2D eigenvalue weighted by molar-refractivity contribution is 0.966. The number of benzene rings is 1. The molecule has 2 heterocycles. The van der Waals surface area contributed by atoms with Crippen molar-refractivity contribution in [2.24, 2.45) is 0 Å². The number of aromatic nitrogens is 4. The van der Waals surface area contributed by atoms with Crippen molar-refractivity contribution in [2.75, 3.05) is 0 Å². The van der Waals surface area contributed by atoms with Gasteiger partial charge >= 0.3 is 0 Å². The van der Waals surface area contributed by atoms with Gasteiger partial charge in [-0.15, -0.1) is 0 Å². The number of alkyl halides is 3. The predicted octanol–water partition coefficient (Wildman–Crippen LogP) is 5.02. The van der Waals surface area contributed by atoms with Gasteiger partial charge in [-0.05, 0) is 18.2 Å². The van der Waals surface area contributed by atoms with E-state index in [1.54, 1.807) is 22.2 Å². The van der Waals surface area contributed by atoms with Crippen LogP contribution in [0.15, 0.2) is 18.2 Å². The van der Waals surface area contributed by atoms with Crippen molar-refractivity contribution in [1.82, 2.24) is 18.9 Å². The van der Waals surface area contributed by atoms with E-state index in [9.17, 15) is 0 Å². The van der Waals surface area contributed by atoms with Gasteiger partial charge < -0.3 is 0 Å². The van der Waals surface area contributed by atoms with E-state index in [4.69, 9.17) is 46.4 Å². The molecule has 0 fully saturated rings. The number of rotatable bonds is 2. The maximum Gasteiger partial charge on any atom is 0.256 e. The Morgan fingerprint density at radius 2 is 1.90 bits per heavy atom. The minimum absolute atomic E-state index is 0.503. The van der Waals surface area contributed by atoms with Crippen LogP contribution in [0.4, 0.5) is 0 Å². The van der Waals surface area contributed by atoms with Gasteiger partial charge in [-0.1, -0.05) is 53.3 Å². The first-order valence-corrected chi connectivity index (χ1v) is 8.27. The van der Waals surface area contributed by atoms with Gasteiger partial charge in [0, 0.05) is 23.4 Å². The predicted molar refractivity (Wildman–Crippen MR) is 90.5 cm³/mol. The smallest absolute Gasteiger partial charge is 0.248 e. The van der Waals surface area contributed by atoms with Gasteiger partial charge in [0.05, 0.1) is 11.0 Å². The van der Waals surface area contributed by atoms with Crippen LogP contribution in [0, 0.1) is 0 Å². The highest BCUT2D eigenvalue weighted by Gasteiger charge is 2.26. The molecule has 0 aliphatic carbocycles. The normalized spacial score (nSPS) is 12.4. The molecule has 4 nitrogen and oxygen atoms in total. The second-order valence-electron chi connectivity index (χ2n) is 4.22. The molecule has 0 radical (unpaired) electrons. The van der Waals surface area contributed by atoms with Gasteiger partial charge in [-0.3, -0.25) is 0 Å². The average Bonchev–Trinajstić information content (AvgIpc) is 2.71. The molecular formula is C12H8Cl4N4S. The summed E-state index contributed by atoms with van der Waals surface area (Å²) < 4.78 is 0.206. The summed E-state index contributed by atoms with van der Waals surface area (Å²) in [5.41, 5.74) is 2.46. The van der Waals surface area contributed by atoms with Gasteiger partial charge in [-0.25, -0.2) is 18.9 Å². The van der Waals surface area contributed by atoms with Gasteiger partial charge in [0.25, 0.3) is 3.12 Å². The Balaban J connectivity index is 2.28. The molecule has 0 saturated heterocycles. The summed E-state index contributed by atoms with van der Waals surface area (Å²) in [6.45, 7) is 1.97. The molecule has 3 aromatic rings. The first-order valence-electron chi connectivity index (χ1n) is 5.98. The summed E-state index contributed by atoms with van der Waals surface area (Å²) in [5.74, 6) is 0.739. The molecule has 0 spiro atoms. The largest absolute Gasteiger partial charge is 0.256 e. The maximum absolute atomic E-state index is 5.97. The summed E-state index contributed by atoms with van der Waals surface area (Å²) in [5, 5.41) is 0.599. The molecule has 21 heavy (non-hydrogen) atoms. The van der Waals surface area contributed by atoms with E-state index >= 15 is 0 Å². The van der Waals surface area contributed by atoms with E-state index < -0.39 is 3.12 Å². The highest BCUT2D eigenvalue weighted by molar-refractivity contribution is 8.03. The molecule has 0 saturated carbocycles. The van der Waals surface area contributed by atoms with Crippen molar-refractivity contribution >= 4 is 80.7 Å². The monoisotopic (exact) mass is 380 g/mol. The van der Waals surface area contributed by atoms with Gasteiger partial charge in [-0.2, -0.15) is 0 Å². The molecule has 110 valence electrons. The van der Waals surface area contributed by atoms with E-state index in [2.05, 4.69) is 15.0 Å². The lowest BCUT2D eigenvalue weighted by Gasteiger charge is -2.12. The Morgan fingerprint density at radius 1 is 1.14 bits per heavy atom. The molecule has 0 atom stereocenters. The van der Waals surface area contributed by atoms with Gasteiger partial charge in [0.1, 0.15) is 5.82 Å². The van der Waals surface area contributed by atoms with Crippen molar-refractivity contribution in [1.29, 1.82) is 0 Å². The van der Waals surface area contributed by atoms with E-state index in [1.807, 2.05) is 6.92 Å². The molecule has 0 aliphatic rings. The summed E-state index contributed by atoms with van der Waals surface area (Å²) in [6, 6.07) is 5.30. The number of aryl methyl sites for hydroxylation is 1. The van der Waals surface area contributed by atoms with Crippen molar-refractivity contribution in [3.8, 4) is 0 Å². The molecule has 9 heteroatoms. The molecule has 1 aromatic carbocycles. The highest BCUT2D eigenvalue weighted by Crippen LogP contribution is 2.41. The summed E-state index contributed by atoms with van der Waals surface area (Å²) in [7, 11) is 0. The molecule has 0 unspecified atom stereocenters. The Hall–Kier alpha value is -0.460. The van der Waals surface area contributed by atoms with Gasteiger partial charge in [0.15, 0.2) is 11.3 Å². The third kappa shape index (κ3) is 3.17. The minimum atomic E-state index is -1.51. The fourth-order valence-electron chi connectivity index (χ4n) is 1.93. The van der Waals surface area contributed by atoms with E-state index in [-0.39, 0.29) is 0 Å². The second kappa shape index (κ2) is 5.63. The van der Waals surface area contributed by atoms with Crippen LogP contribution in [0.3, 0.4) is 0 Å². The SMILES string of the molecule is CCc1nc2nc3cc(Cl)ccc3nc2n1SC(Cl)(Cl)Cl. The standard InChI is InChI=1S/C12H8Cl4N4S/c1-2-9-19-10-11(20(9)21-12(14,15)16)18-7-4-3-6(13)5-8(7)17-10/h3-5H,2H2,1H3. The summed E-state index contributed by atoms with van der Waals surface area (Å²) in [6.07, 6.45) is 0.670. The number of halogens is 4. The van der Waals surface area contributed by atoms with Crippen LogP contribution in [0.2, 0.25) is 5.02 Å². The molecule has 0 N–H and O–H groups in total. The van der Waals surface area contributed by atoms with Crippen molar-refractivity contribution in [3.05, 3.63) is 29.0 Å². The Morgan fingerprint density at radius 3 is 2.57 bits per heavy atom. The second-order valence-corrected chi connectivity index (χ2v) is 8.77. The lowest BCUT2D eigenvalue weighted by Crippen LogP contribution is -2.04. The van der Waals surface area contributed by atoms with E-state index in [1.165, 1.54) is 0 Å². The molecule has 0 amide bonds. The zero-order chi connectivity index (χ0) is 15.2. The van der Waals surface area contributed by atoms with Crippen LogP contribution in [0.5, 0.6) is 0 Å². The van der Waals surface area contributed by atoms with Crippen LogP contribution in [0.1, 0.15) is 12.7 Å². The van der Waals surface area contributed by atoms with Crippen LogP contribution in [-0.2, 0) is 6.42 Å². The Labute approximate surface area is 144 Å². The summed E-state index contributed by atoms with van der Waals surface area (Å²) >= 11 is 24.6. The first-order chi connectivity index (χ1) is 9.87. The van der Waals surface area contributed by atoms with Crippen LogP contribution >= 0.6 is 58.4 Å². The topological polar surface area (TPSA) is 43.6 Å². The molecule has 2 aromatic heterocycles. The van der Waals surface area contributed by atoms with Crippen LogP contribution in [0.25, 0.3) is 22.3 Å². The van der Waals surface area contributed by atoms with Crippen molar-refractivity contribution < 1.29 is 0 Å². The molecule has 0 aliphatic heterocycles. The number of fused-ring (bicyclic) bond motifs is 2. The molecular weight excluding hydrogens is 374 g/mol. The number of hydrogen-bond acceptors (Lipinski definition) is 4. The lowest BCUT2D eigenvalue weighted by atomic mass is 10.3. The van der Waals surface area contributed by atoms with E-state index in [0.29, 0.717) is 33.8 Å².